The highest BCUT2D eigenvalue weighted by Crippen LogP contribution is 2.34. The number of para-hydroxylation sites is 1. The van der Waals surface area contributed by atoms with Crippen LogP contribution in [0.4, 0.5) is 10.1 Å². The van der Waals surface area contributed by atoms with Crippen LogP contribution in [0.15, 0.2) is 53.5 Å². The topological polar surface area (TPSA) is 40.5 Å². The molecule has 1 atom stereocenters. The molecule has 5 rings (SSSR count). The molecule has 7 heteroatoms. The summed E-state index contributed by atoms with van der Waals surface area (Å²) in [5.41, 5.74) is 4.56. The number of hydrogen-bond acceptors (Lipinski definition) is 5. The largest absolute Gasteiger partial charge is 0.352 e. The summed E-state index contributed by atoms with van der Waals surface area (Å²) in [6.07, 6.45) is 2.83. The number of fused-ring (bicyclic) bond motifs is 2. The van der Waals surface area contributed by atoms with Crippen molar-refractivity contribution in [3.8, 4) is 0 Å². The van der Waals surface area contributed by atoms with Crippen molar-refractivity contribution in [2.75, 3.05) is 19.6 Å². The predicted molar refractivity (Wildman–Crippen MR) is 137 cm³/mol. The molecule has 33 heavy (non-hydrogen) atoms. The molecule has 3 aromatic rings. The number of nitrogens with one attached hydrogen (secondary N) is 1. The van der Waals surface area contributed by atoms with Crippen molar-refractivity contribution < 1.29 is 4.39 Å². The van der Waals surface area contributed by atoms with Gasteiger partial charge in [-0.1, -0.05) is 44.2 Å². The Morgan fingerprint density at radius 3 is 2.73 bits per heavy atom. The quantitative estimate of drug-likeness (QED) is 0.515. The Hall–Kier alpha value is -2.28. The molecule has 2 aliphatic rings. The number of hydrogen-bond donors (Lipinski definition) is 1. The third-order valence-electron chi connectivity index (χ3n) is 6.24. The molecule has 0 saturated carbocycles. The molecule has 174 valence electrons. The number of aryl methyl sites for hydroxylation is 1. The third kappa shape index (κ3) is 5.29. The molecular weight excluding hydrogens is 455 g/mol. The van der Waals surface area contributed by atoms with Crippen LogP contribution in [0.1, 0.15) is 52.9 Å². The first-order valence-electron chi connectivity index (χ1n) is 11.5. The van der Waals surface area contributed by atoms with Crippen molar-refractivity contribution in [1.82, 2.24) is 15.2 Å². The minimum atomic E-state index is -0.179. The average molecular weight is 485 g/mol. The van der Waals surface area contributed by atoms with Crippen LogP contribution in [-0.2, 0) is 12.8 Å². The minimum absolute atomic E-state index is 0. The summed E-state index contributed by atoms with van der Waals surface area (Å²) in [5, 5.41) is 4.85. The fourth-order valence-electron chi connectivity index (χ4n) is 4.44. The SMILES string of the molecule is CC(C)c1nc2c(s1)Cc1ccccc1N=C2N1CCNC(CCc2ccc(F)cc2)C1.Cl. The summed E-state index contributed by atoms with van der Waals surface area (Å²) in [6.45, 7) is 7.15. The van der Waals surface area contributed by atoms with Crippen molar-refractivity contribution in [1.29, 1.82) is 0 Å². The van der Waals surface area contributed by atoms with Crippen molar-refractivity contribution in [3.05, 3.63) is 81.1 Å². The lowest BCUT2D eigenvalue weighted by molar-refractivity contribution is 0.282. The maximum atomic E-state index is 13.2. The van der Waals surface area contributed by atoms with Crippen LogP contribution in [0, 0.1) is 5.82 Å². The van der Waals surface area contributed by atoms with Gasteiger partial charge in [0.25, 0.3) is 0 Å². The molecule has 1 fully saturated rings. The number of amidine groups is 1. The van der Waals surface area contributed by atoms with Crippen LogP contribution < -0.4 is 5.32 Å². The van der Waals surface area contributed by atoms with Gasteiger partial charge in [-0.25, -0.2) is 14.4 Å². The van der Waals surface area contributed by atoms with E-state index in [-0.39, 0.29) is 18.2 Å². The van der Waals surface area contributed by atoms with Gasteiger partial charge in [-0.2, -0.15) is 0 Å². The van der Waals surface area contributed by atoms with E-state index in [1.54, 1.807) is 12.1 Å². The zero-order valence-electron chi connectivity index (χ0n) is 19.1. The first-order valence-corrected chi connectivity index (χ1v) is 12.3. The normalized spacial score (nSPS) is 17.6. The maximum absolute atomic E-state index is 13.2. The average Bonchev–Trinajstić information content (AvgIpc) is 3.15. The second-order valence-electron chi connectivity index (χ2n) is 8.98. The molecule has 0 radical (unpaired) electrons. The second-order valence-corrected chi connectivity index (χ2v) is 10.1. The number of halogens is 2. The molecule has 2 aromatic carbocycles. The van der Waals surface area contributed by atoms with E-state index in [9.17, 15) is 4.39 Å². The Morgan fingerprint density at radius 1 is 1.15 bits per heavy atom. The number of thiazole rings is 1. The lowest BCUT2D eigenvalue weighted by Gasteiger charge is -2.35. The highest BCUT2D eigenvalue weighted by Gasteiger charge is 2.29. The molecular formula is C26H30ClFN4S. The molecule has 1 aromatic heterocycles. The molecule has 0 aliphatic carbocycles. The highest BCUT2D eigenvalue weighted by molar-refractivity contribution is 7.12. The summed E-state index contributed by atoms with van der Waals surface area (Å²) < 4.78 is 13.2. The zero-order chi connectivity index (χ0) is 22.1. The molecule has 0 bridgehead atoms. The van der Waals surface area contributed by atoms with Gasteiger partial charge in [-0.3, -0.25) is 0 Å². The molecule has 4 nitrogen and oxygen atoms in total. The van der Waals surface area contributed by atoms with Crippen LogP contribution in [0.3, 0.4) is 0 Å². The van der Waals surface area contributed by atoms with Gasteiger partial charge in [0, 0.05) is 42.9 Å². The summed E-state index contributed by atoms with van der Waals surface area (Å²) in [6, 6.07) is 15.7. The molecule has 2 aliphatic heterocycles. The molecule has 0 amide bonds. The van der Waals surface area contributed by atoms with Gasteiger partial charge in [0.05, 0.1) is 10.7 Å². The second kappa shape index (κ2) is 10.3. The minimum Gasteiger partial charge on any atom is -0.352 e. The van der Waals surface area contributed by atoms with Gasteiger partial charge >= 0.3 is 0 Å². The van der Waals surface area contributed by atoms with Gasteiger partial charge in [-0.15, -0.1) is 23.7 Å². The van der Waals surface area contributed by atoms with Gasteiger partial charge in [-0.05, 0) is 42.2 Å². The zero-order valence-corrected chi connectivity index (χ0v) is 20.7. The van der Waals surface area contributed by atoms with E-state index in [1.165, 1.54) is 21.0 Å². The van der Waals surface area contributed by atoms with Crippen LogP contribution in [0.2, 0.25) is 0 Å². The molecule has 1 unspecified atom stereocenters. The number of aliphatic imine (C=N–C) groups is 1. The monoisotopic (exact) mass is 484 g/mol. The predicted octanol–water partition coefficient (Wildman–Crippen LogP) is 5.72. The van der Waals surface area contributed by atoms with Crippen LogP contribution in [0.25, 0.3) is 0 Å². The Bertz CT molecular complexity index is 1130. The van der Waals surface area contributed by atoms with Gasteiger partial charge < -0.3 is 10.2 Å². The smallest absolute Gasteiger partial charge is 0.156 e. The Balaban J connectivity index is 0.00000259. The lowest BCUT2D eigenvalue weighted by Crippen LogP contribution is -2.53. The Kier molecular flexibility index (Phi) is 7.47. The van der Waals surface area contributed by atoms with E-state index >= 15 is 0 Å². The lowest BCUT2D eigenvalue weighted by atomic mass is 10.0. The van der Waals surface area contributed by atoms with Crippen LogP contribution >= 0.6 is 23.7 Å². The molecule has 0 spiro atoms. The van der Waals surface area contributed by atoms with Crippen molar-refractivity contribution in [2.24, 2.45) is 4.99 Å². The van der Waals surface area contributed by atoms with Crippen molar-refractivity contribution in [3.63, 3.8) is 0 Å². The summed E-state index contributed by atoms with van der Waals surface area (Å²) in [7, 11) is 0. The van der Waals surface area contributed by atoms with E-state index in [4.69, 9.17) is 9.98 Å². The van der Waals surface area contributed by atoms with Crippen LogP contribution in [-0.4, -0.2) is 41.4 Å². The summed E-state index contributed by atoms with van der Waals surface area (Å²) >= 11 is 1.83. The molecule has 1 saturated heterocycles. The molecule has 1 N–H and O–H groups in total. The first-order chi connectivity index (χ1) is 15.6. The van der Waals surface area contributed by atoms with Crippen LogP contribution in [0.5, 0.6) is 0 Å². The van der Waals surface area contributed by atoms with E-state index in [0.717, 1.165) is 56.1 Å². The summed E-state index contributed by atoms with van der Waals surface area (Å²) in [5.74, 6) is 1.25. The first kappa shape index (κ1) is 23.9. The number of benzene rings is 2. The maximum Gasteiger partial charge on any atom is 0.156 e. The van der Waals surface area contributed by atoms with E-state index in [1.807, 2.05) is 23.5 Å². The van der Waals surface area contributed by atoms with Gasteiger partial charge in [0.1, 0.15) is 11.5 Å². The van der Waals surface area contributed by atoms with Gasteiger partial charge in [0.2, 0.25) is 0 Å². The van der Waals surface area contributed by atoms with E-state index in [0.29, 0.717) is 12.0 Å². The van der Waals surface area contributed by atoms with E-state index in [2.05, 4.69) is 48.3 Å². The van der Waals surface area contributed by atoms with Gasteiger partial charge in [0.15, 0.2) is 5.84 Å². The third-order valence-corrected chi connectivity index (χ3v) is 7.59. The van der Waals surface area contributed by atoms with E-state index < -0.39 is 0 Å². The standard InChI is InChI=1S/C26H29FN4S.ClH/c1-17(2)26-30-24-23(32-26)15-19-5-3-4-6-22(19)29-25(24)31-14-13-28-21(16-31)12-9-18-7-10-20(27)11-8-18;/h3-8,10-11,17,21,28H,9,12-16H2,1-2H3;1H. The fraction of sp³-hybridized carbons (Fsp3) is 0.385. The number of aromatic nitrogens is 1. The highest BCUT2D eigenvalue weighted by atomic mass is 35.5. The summed E-state index contributed by atoms with van der Waals surface area (Å²) in [4.78, 5) is 14.0. The number of piperazine rings is 1. The Labute approximate surface area is 205 Å². The van der Waals surface area contributed by atoms with Crippen molar-refractivity contribution >= 4 is 35.3 Å². The fourth-order valence-corrected chi connectivity index (χ4v) is 5.53. The Morgan fingerprint density at radius 2 is 1.94 bits per heavy atom. The number of nitrogens with zero attached hydrogens (tertiary/aromatic N) is 3. The molecule has 3 heterocycles. The number of rotatable bonds is 4. The van der Waals surface area contributed by atoms with Crippen molar-refractivity contribution in [2.45, 2.75) is 45.1 Å².